The van der Waals surface area contributed by atoms with Crippen LogP contribution in [0.1, 0.15) is 17.1 Å². The molecule has 0 atom stereocenters. The normalized spacial score (nSPS) is 9.21. The molecular weight excluding hydrogens is 174 g/mol. The summed E-state index contributed by atoms with van der Waals surface area (Å²) >= 11 is 0. The van der Waals surface area contributed by atoms with E-state index in [1.165, 1.54) is 0 Å². The van der Waals surface area contributed by atoms with Gasteiger partial charge in [-0.3, -0.25) is 4.98 Å². The highest BCUT2D eigenvalue weighted by molar-refractivity contribution is 5.37. The average molecular weight is 183 g/mol. The van der Waals surface area contributed by atoms with Crippen molar-refractivity contribution in [2.75, 3.05) is 0 Å². The third-order valence-electron chi connectivity index (χ3n) is 1.72. The number of aromatic nitrogens is 3. The quantitative estimate of drug-likeness (QED) is 0.629. The minimum Gasteiger partial charge on any atom is -0.338 e. The summed E-state index contributed by atoms with van der Waals surface area (Å²) in [6.45, 7) is 1.94. The Balaban J connectivity index is 2.26. The van der Waals surface area contributed by atoms with Crippen LogP contribution in [0.4, 0.5) is 0 Å². The first-order valence-electron chi connectivity index (χ1n) is 4.28. The van der Waals surface area contributed by atoms with Crippen LogP contribution in [0, 0.1) is 18.8 Å². The number of hydrogen-bond acceptors (Lipinski definition) is 2. The van der Waals surface area contributed by atoms with E-state index in [4.69, 9.17) is 0 Å². The van der Waals surface area contributed by atoms with E-state index in [9.17, 15) is 0 Å². The van der Waals surface area contributed by atoms with Crippen molar-refractivity contribution in [1.82, 2.24) is 15.0 Å². The number of imidazole rings is 1. The Hall–Kier alpha value is -2.08. The zero-order valence-corrected chi connectivity index (χ0v) is 7.78. The van der Waals surface area contributed by atoms with Gasteiger partial charge in [0, 0.05) is 29.8 Å². The van der Waals surface area contributed by atoms with Crippen LogP contribution in [0.2, 0.25) is 0 Å². The van der Waals surface area contributed by atoms with E-state index in [1.807, 2.05) is 19.1 Å². The molecule has 0 fully saturated rings. The lowest BCUT2D eigenvalue weighted by Gasteiger charge is -1.90. The molecule has 1 N–H and O–H groups in total. The van der Waals surface area contributed by atoms with Crippen molar-refractivity contribution in [3.63, 3.8) is 0 Å². The summed E-state index contributed by atoms with van der Waals surface area (Å²) in [6, 6.07) is 3.82. The summed E-state index contributed by atoms with van der Waals surface area (Å²) in [7, 11) is 0. The third kappa shape index (κ3) is 1.99. The molecule has 0 radical (unpaired) electrons. The Morgan fingerprint density at radius 2 is 2.14 bits per heavy atom. The molecule has 2 aromatic rings. The Labute approximate surface area is 82.2 Å². The Bertz CT molecular complexity index is 475. The van der Waals surface area contributed by atoms with Crippen molar-refractivity contribution >= 4 is 0 Å². The molecule has 0 aliphatic heterocycles. The smallest absolute Gasteiger partial charge is 0.182 e. The molecule has 0 unspecified atom stereocenters. The van der Waals surface area contributed by atoms with E-state index in [1.54, 1.807) is 18.6 Å². The predicted molar refractivity (Wildman–Crippen MR) is 53.5 cm³/mol. The SMILES string of the molecule is Cc1cc(C#Cc2ncc[nH]2)ccn1. The maximum Gasteiger partial charge on any atom is 0.182 e. The van der Waals surface area contributed by atoms with Crippen LogP contribution < -0.4 is 0 Å². The van der Waals surface area contributed by atoms with Gasteiger partial charge in [0.2, 0.25) is 0 Å². The maximum absolute atomic E-state index is 4.09. The number of nitrogens with zero attached hydrogens (tertiary/aromatic N) is 2. The number of rotatable bonds is 0. The van der Waals surface area contributed by atoms with Gasteiger partial charge in [0.1, 0.15) is 0 Å². The van der Waals surface area contributed by atoms with E-state index in [-0.39, 0.29) is 0 Å². The van der Waals surface area contributed by atoms with Gasteiger partial charge < -0.3 is 4.98 Å². The van der Waals surface area contributed by atoms with Crippen LogP contribution in [0.25, 0.3) is 0 Å². The molecule has 0 spiro atoms. The highest BCUT2D eigenvalue weighted by Gasteiger charge is 1.89. The van der Waals surface area contributed by atoms with E-state index in [2.05, 4.69) is 26.8 Å². The van der Waals surface area contributed by atoms with E-state index in [0.717, 1.165) is 11.3 Å². The van der Waals surface area contributed by atoms with Gasteiger partial charge in [0.05, 0.1) is 0 Å². The van der Waals surface area contributed by atoms with E-state index in [0.29, 0.717) is 5.82 Å². The van der Waals surface area contributed by atoms with Gasteiger partial charge in [0.25, 0.3) is 0 Å². The molecule has 0 saturated carbocycles. The number of H-pyrrole nitrogens is 1. The Morgan fingerprint density at radius 3 is 2.86 bits per heavy atom. The van der Waals surface area contributed by atoms with Crippen molar-refractivity contribution in [2.45, 2.75) is 6.92 Å². The van der Waals surface area contributed by atoms with Crippen molar-refractivity contribution in [3.05, 3.63) is 47.8 Å². The van der Waals surface area contributed by atoms with Crippen LogP contribution in [0.15, 0.2) is 30.7 Å². The second-order valence-corrected chi connectivity index (χ2v) is 2.87. The zero-order valence-electron chi connectivity index (χ0n) is 7.78. The highest BCUT2D eigenvalue weighted by Crippen LogP contribution is 1.98. The first-order valence-corrected chi connectivity index (χ1v) is 4.28. The van der Waals surface area contributed by atoms with Crippen molar-refractivity contribution < 1.29 is 0 Å². The second-order valence-electron chi connectivity index (χ2n) is 2.87. The van der Waals surface area contributed by atoms with Gasteiger partial charge in [-0.1, -0.05) is 5.92 Å². The Kier molecular flexibility index (Phi) is 2.28. The summed E-state index contributed by atoms with van der Waals surface area (Å²) in [4.78, 5) is 11.0. The first-order chi connectivity index (χ1) is 6.84. The van der Waals surface area contributed by atoms with Gasteiger partial charge in [-0.15, -0.1) is 0 Å². The fourth-order valence-electron chi connectivity index (χ4n) is 1.09. The summed E-state index contributed by atoms with van der Waals surface area (Å²) < 4.78 is 0. The molecule has 14 heavy (non-hydrogen) atoms. The van der Waals surface area contributed by atoms with Crippen molar-refractivity contribution in [1.29, 1.82) is 0 Å². The molecule has 0 saturated heterocycles. The van der Waals surface area contributed by atoms with Crippen LogP contribution in [-0.4, -0.2) is 15.0 Å². The summed E-state index contributed by atoms with van der Waals surface area (Å²) in [6.07, 6.45) is 5.19. The number of hydrogen-bond donors (Lipinski definition) is 1. The molecule has 3 nitrogen and oxygen atoms in total. The van der Waals surface area contributed by atoms with Crippen LogP contribution >= 0.6 is 0 Å². The molecule has 0 aromatic carbocycles. The maximum atomic E-state index is 4.09. The molecule has 2 heterocycles. The molecule has 0 aliphatic rings. The fourth-order valence-corrected chi connectivity index (χ4v) is 1.09. The van der Waals surface area contributed by atoms with Crippen LogP contribution in [-0.2, 0) is 0 Å². The molecule has 0 aliphatic carbocycles. The molecule has 2 aromatic heterocycles. The molecular formula is C11H9N3. The third-order valence-corrected chi connectivity index (χ3v) is 1.72. The summed E-state index contributed by atoms with van der Waals surface area (Å²) in [5.41, 5.74) is 1.92. The van der Waals surface area contributed by atoms with E-state index < -0.39 is 0 Å². The topological polar surface area (TPSA) is 41.6 Å². The minimum atomic E-state index is 0.680. The van der Waals surface area contributed by atoms with Crippen LogP contribution in [0.3, 0.4) is 0 Å². The Morgan fingerprint density at radius 1 is 1.21 bits per heavy atom. The van der Waals surface area contributed by atoms with Gasteiger partial charge in [-0.25, -0.2) is 4.98 Å². The first kappa shape index (κ1) is 8.52. The monoisotopic (exact) mass is 183 g/mol. The minimum absolute atomic E-state index is 0.680. The molecule has 2 rings (SSSR count). The average Bonchev–Trinajstić information content (AvgIpc) is 2.67. The van der Waals surface area contributed by atoms with Crippen molar-refractivity contribution in [2.24, 2.45) is 0 Å². The predicted octanol–water partition coefficient (Wildman–Crippen LogP) is 1.51. The number of aromatic amines is 1. The summed E-state index contributed by atoms with van der Waals surface area (Å²) in [5.74, 6) is 6.61. The largest absolute Gasteiger partial charge is 0.338 e. The van der Waals surface area contributed by atoms with Crippen molar-refractivity contribution in [3.8, 4) is 11.8 Å². The lowest BCUT2D eigenvalue weighted by atomic mass is 10.2. The van der Waals surface area contributed by atoms with Crippen LogP contribution in [0.5, 0.6) is 0 Å². The fraction of sp³-hybridized carbons (Fsp3) is 0.0909. The number of nitrogens with one attached hydrogen (secondary N) is 1. The number of pyridine rings is 1. The van der Waals surface area contributed by atoms with E-state index >= 15 is 0 Å². The highest BCUT2D eigenvalue weighted by atomic mass is 14.9. The molecule has 0 bridgehead atoms. The van der Waals surface area contributed by atoms with Gasteiger partial charge >= 0.3 is 0 Å². The molecule has 0 amide bonds. The molecule has 3 heteroatoms. The number of aryl methyl sites for hydroxylation is 1. The zero-order chi connectivity index (χ0) is 9.80. The standard InChI is InChI=1S/C11H9N3/c1-9-8-10(4-5-12-9)2-3-11-13-6-7-14-11/h4-8H,1H3,(H,13,14). The van der Waals surface area contributed by atoms with Gasteiger partial charge in [-0.2, -0.15) is 0 Å². The molecule has 68 valence electrons. The summed E-state index contributed by atoms with van der Waals surface area (Å²) in [5, 5.41) is 0. The second kappa shape index (κ2) is 3.75. The lowest BCUT2D eigenvalue weighted by molar-refractivity contribution is 1.19. The van der Waals surface area contributed by atoms with Gasteiger partial charge in [0.15, 0.2) is 5.82 Å². The lowest BCUT2D eigenvalue weighted by Crippen LogP contribution is -1.82. The van der Waals surface area contributed by atoms with Gasteiger partial charge in [-0.05, 0) is 25.0 Å².